The van der Waals surface area contributed by atoms with E-state index in [0.29, 0.717) is 0 Å². The largest absolute Gasteiger partial charge is 0.735 e. The summed E-state index contributed by atoms with van der Waals surface area (Å²) in [6.45, 7) is 0. The Hall–Kier alpha value is -5.57. The quantitative estimate of drug-likeness (QED) is 0.203. The van der Waals surface area contributed by atoms with Gasteiger partial charge >= 0.3 is 18.0 Å². The van der Waals surface area contributed by atoms with Gasteiger partial charge in [0.25, 0.3) is 11.9 Å². The number of aromatic nitrogens is 8. The van der Waals surface area contributed by atoms with Crippen molar-refractivity contribution in [2.45, 2.75) is 0 Å². The lowest BCUT2D eigenvalue weighted by Crippen LogP contribution is -2.77. The average Bonchev–Trinajstić information content (AvgIpc) is 3.60. The summed E-state index contributed by atoms with van der Waals surface area (Å²) in [5.41, 5.74) is 4.10. The van der Waals surface area contributed by atoms with Gasteiger partial charge in [-0.3, -0.25) is 22.0 Å². The minimum absolute atomic E-state index is 0. The molecule has 0 atom stereocenters. The number of guanidine groups is 2. The first kappa shape index (κ1) is 35.0. The molecular weight excluding hydrogens is 508 g/mol. The molecule has 0 saturated carbocycles. The third-order valence-corrected chi connectivity index (χ3v) is 2.31. The number of quaternary nitrogens is 2. The van der Waals surface area contributed by atoms with Gasteiger partial charge in [-0.1, -0.05) is 30.7 Å². The molecule has 200 valence electrons. The monoisotopic (exact) mass is 526 g/mol. The Morgan fingerprint density at radius 2 is 1.06 bits per heavy atom. The third-order valence-electron chi connectivity index (χ3n) is 2.31. The van der Waals surface area contributed by atoms with Crippen LogP contribution in [-0.4, -0.2) is 81.1 Å². The summed E-state index contributed by atoms with van der Waals surface area (Å²) < 4.78 is 0. The zero-order valence-electron chi connectivity index (χ0n) is 17.2. The van der Waals surface area contributed by atoms with E-state index in [0.717, 1.165) is 0 Å². The molecule has 0 aliphatic carbocycles. The van der Waals surface area contributed by atoms with Gasteiger partial charge in [0.05, 0.1) is 0 Å². The first-order chi connectivity index (χ1) is 15.5. The van der Waals surface area contributed by atoms with Crippen LogP contribution in [0.15, 0.2) is 51.6 Å². The number of rotatable bonds is 4. The number of anilines is 2. The van der Waals surface area contributed by atoms with Gasteiger partial charge in [0.15, 0.2) is 0 Å². The standard InChI is InChI=1S/2C2HN10O.CH6N4O.4H2O/c2*13-12(2-5-10-11-6-2)7-1-3-8-9-4-1;2-4-1(6)5-3;;;;/h2*(H,5,6,10,11);2-3H2,(H2,4,5,6);4*1H2/q2*-1;;;;;/p+2. The van der Waals surface area contributed by atoms with Crippen LogP contribution in [0.1, 0.15) is 0 Å². The Labute approximate surface area is 193 Å². The molecule has 4 rings (SSSR count). The molecule has 0 fully saturated rings. The number of nitrogens with one attached hydrogen (secondary N) is 4. The second-order valence-corrected chi connectivity index (χ2v) is 4.21. The number of urea groups is 1. The van der Waals surface area contributed by atoms with Crippen LogP contribution in [0.5, 0.6) is 0 Å². The molecule has 4 heterocycles. The summed E-state index contributed by atoms with van der Waals surface area (Å²) in [7, 11) is 0. The molecule has 2 aliphatic heterocycles. The van der Waals surface area contributed by atoms with E-state index in [4.69, 9.17) is 0 Å². The van der Waals surface area contributed by atoms with E-state index in [1.807, 2.05) is 0 Å². The molecule has 36 heavy (non-hydrogen) atoms. The van der Waals surface area contributed by atoms with E-state index >= 15 is 0 Å². The Morgan fingerprint density at radius 3 is 1.28 bits per heavy atom. The number of tetrazole rings is 2. The number of hydrogen-bond acceptors (Lipinski definition) is 17. The summed E-state index contributed by atoms with van der Waals surface area (Å²) >= 11 is 0. The normalized spacial score (nSPS) is 11.1. The highest BCUT2D eigenvalue weighted by molar-refractivity contribution is 5.82. The van der Waals surface area contributed by atoms with Crippen LogP contribution in [0.2, 0.25) is 0 Å². The molecule has 2 aromatic heterocycles. The SMILES string of the molecule is O.O.O.O.[NH3+]NC(=O)N[NH3+].[O-]N(N=C1N=NN=N1)c1nn[nH]n1.[O-]N(N=C1N=NN=N1)c1nn[nH]n1. The second-order valence-electron chi connectivity index (χ2n) is 4.21. The molecule has 2 amide bonds. The maximum atomic E-state index is 11.0. The molecule has 0 radical (unpaired) electrons. The van der Waals surface area contributed by atoms with Crippen LogP contribution in [0.3, 0.4) is 0 Å². The Kier molecular flexibility index (Phi) is 18.4. The highest BCUT2D eigenvalue weighted by atomic mass is 16.5. The number of amides is 2. The highest BCUT2D eigenvalue weighted by Crippen LogP contribution is 2.06. The van der Waals surface area contributed by atoms with Crippen LogP contribution < -0.4 is 32.9 Å². The van der Waals surface area contributed by atoms with E-state index < -0.39 is 0 Å². The predicted octanol–water partition coefficient (Wildman–Crippen LogP) is -7.48. The first-order valence-corrected chi connectivity index (χ1v) is 7.35. The Balaban J connectivity index is -0.000000457. The van der Waals surface area contributed by atoms with E-state index in [1.54, 1.807) is 0 Å². The lowest BCUT2D eigenvalue weighted by molar-refractivity contribution is -0.451. The van der Waals surface area contributed by atoms with Gasteiger partial charge in [0.1, 0.15) is 0 Å². The number of hydrogen-bond donors (Lipinski definition) is 6. The van der Waals surface area contributed by atoms with Crippen molar-refractivity contribution in [2.24, 2.45) is 51.6 Å². The van der Waals surface area contributed by atoms with Crippen molar-refractivity contribution in [3.63, 3.8) is 0 Å². The third kappa shape index (κ3) is 11.9. The summed E-state index contributed by atoms with van der Waals surface area (Å²) in [6.07, 6.45) is 0. The number of carbonyl (C=O) groups is 1. The van der Waals surface area contributed by atoms with Gasteiger partial charge in [-0.25, -0.2) is 4.79 Å². The van der Waals surface area contributed by atoms with Crippen molar-refractivity contribution in [1.82, 2.24) is 52.1 Å². The van der Waals surface area contributed by atoms with Gasteiger partial charge in [-0.15, -0.1) is 20.4 Å². The summed E-state index contributed by atoms with van der Waals surface area (Å²) in [5.74, 6) is 5.28. The van der Waals surface area contributed by atoms with Crippen LogP contribution in [0.25, 0.3) is 0 Å². The van der Waals surface area contributed by atoms with Crippen LogP contribution >= 0.6 is 0 Å². The van der Waals surface area contributed by atoms with Gasteiger partial charge < -0.3 is 32.3 Å². The van der Waals surface area contributed by atoms with E-state index in [2.05, 4.69) is 115 Å². The molecule has 0 bridgehead atoms. The van der Waals surface area contributed by atoms with Gasteiger partial charge in [0, 0.05) is 0 Å². The predicted molar refractivity (Wildman–Crippen MR) is 106 cm³/mol. The molecule has 2 aromatic rings. The minimum Gasteiger partial charge on any atom is -0.735 e. The fraction of sp³-hybridized carbons (Fsp3) is 0. The van der Waals surface area contributed by atoms with Crippen molar-refractivity contribution in [2.75, 3.05) is 10.3 Å². The average molecular weight is 526 g/mol. The van der Waals surface area contributed by atoms with Crippen LogP contribution in [0.4, 0.5) is 16.7 Å². The maximum Gasteiger partial charge on any atom is 0.402 e. The van der Waals surface area contributed by atoms with Gasteiger partial charge in [-0.2, -0.15) is 21.3 Å². The van der Waals surface area contributed by atoms with Crippen LogP contribution in [0, 0.1) is 10.4 Å². The fourth-order valence-corrected chi connectivity index (χ4v) is 1.15. The van der Waals surface area contributed by atoms with Crippen molar-refractivity contribution >= 4 is 29.8 Å². The molecule has 2 aliphatic rings. The molecule has 0 saturated heterocycles. The number of carbonyl (C=O) groups excluding carboxylic acids is 1. The Morgan fingerprint density at radius 1 is 0.722 bits per heavy atom. The van der Waals surface area contributed by atoms with Crippen LogP contribution in [-0.2, 0) is 0 Å². The molecule has 0 spiro atoms. The molecule has 0 aromatic carbocycles. The maximum absolute atomic E-state index is 11.0. The highest BCUT2D eigenvalue weighted by Gasteiger charge is 2.04. The lowest BCUT2D eigenvalue weighted by Gasteiger charge is -2.17. The first-order valence-electron chi connectivity index (χ1n) is 7.35. The minimum atomic E-state index is -0.380. The van der Waals surface area contributed by atoms with Gasteiger partial charge in [-0.05, 0) is 31.3 Å². The fourth-order valence-electron chi connectivity index (χ4n) is 1.15. The molecular formula is C5H18N24O7. The van der Waals surface area contributed by atoms with E-state index in [-0.39, 0.29) is 62.1 Å². The number of hydrazone groups is 2. The zero-order valence-corrected chi connectivity index (χ0v) is 17.2. The molecule has 0 unspecified atom stereocenters. The zero-order chi connectivity index (χ0) is 23.2. The summed E-state index contributed by atoms with van der Waals surface area (Å²) in [5, 5.41) is 78.5. The number of nitrogens with zero attached hydrogens (tertiary/aromatic N) is 18. The van der Waals surface area contributed by atoms with Gasteiger partial charge in [0.2, 0.25) is 0 Å². The summed E-state index contributed by atoms with van der Waals surface area (Å²) in [6, 6.07) is -0.380. The van der Waals surface area contributed by atoms with Crippen molar-refractivity contribution in [3.05, 3.63) is 10.4 Å². The molecule has 31 nitrogen and oxygen atoms in total. The lowest BCUT2D eigenvalue weighted by atomic mass is 11.0. The molecule has 31 heteroatoms. The van der Waals surface area contributed by atoms with Crippen molar-refractivity contribution in [3.8, 4) is 0 Å². The Bertz CT molecular complexity index is 900. The summed E-state index contributed by atoms with van der Waals surface area (Å²) in [4.78, 5) is 9.83. The van der Waals surface area contributed by atoms with Crippen molar-refractivity contribution in [1.29, 1.82) is 0 Å². The number of H-pyrrole nitrogens is 2. The molecule has 18 N–H and O–H groups in total. The second kappa shape index (κ2) is 18.9. The van der Waals surface area contributed by atoms with Crippen molar-refractivity contribution < 1.29 is 38.4 Å². The topological polar surface area (TPSA) is 508 Å². The van der Waals surface area contributed by atoms with E-state index in [9.17, 15) is 15.2 Å². The smallest absolute Gasteiger partial charge is 0.402 e. The van der Waals surface area contributed by atoms with E-state index in [1.165, 1.54) is 0 Å². The number of aromatic amines is 2.